The zero-order valence-electron chi connectivity index (χ0n) is 19.1. The van der Waals surface area contributed by atoms with Gasteiger partial charge in [0.1, 0.15) is 0 Å². The predicted octanol–water partition coefficient (Wildman–Crippen LogP) is 3.58. The maximum absolute atomic E-state index is 13.6. The van der Waals surface area contributed by atoms with Crippen LogP contribution in [0.2, 0.25) is 0 Å². The summed E-state index contributed by atoms with van der Waals surface area (Å²) in [4.78, 5) is 31.7. The van der Waals surface area contributed by atoms with Crippen molar-refractivity contribution in [2.24, 2.45) is 4.99 Å². The highest BCUT2D eigenvalue weighted by atomic mass is 79.9. The smallest absolute Gasteiger partial charge is 0.338 e. The standard InChI is InChI=1S/C25H23BrN2O5S/c1-5-33-24(30)21-14(2)27-25-28(22(21)16-7-9-17(26)10-8-16)23(29)20(34-25)13-15-6-11-18(31-3)19(12-15)32-4/h6-13,22H,5H2,1-4H3/b20-13-/t22-/m1/s1. The number of hydrogen-bond acceptors (Lipinski definition) is 7. The van der Waals surface area contributed by atoms with Gasteiger partial charge in [0.2, 0.25) is 0 Å². The molecule has 2 heterocycles. The summed E-state index contributed by atoms with van der Waals surface area (Å²) in [5.74, 6) is 0.689. The van der Waals surface area contributed by atoms with Crippen LogP contribution in [-0.2, 0) is 9.53 Å². The minimum Gasteiger partial charge on any atom is -0.493 e. The maximum Gasteiger partial charge on any atom is 0.338 e. The lowest BCUT2D eigenvalue weighted by Gasteiger charge is -2.24. The van der Waals surface area contributed by atoms with Crippen molar-refractivity contribution in [2.45, 2.75) is 19.9 Å². The first kappa shape index (κ1) is 24.0. The van der Waals surface area contributed by atoms with E-state index in [0.717, 1.165) is 15.6 Å². The molecule has 2 aromatic carbocycles. The first-order valence-electron chi connectivity index (χ1n) is 10.5. The van der Waals surface area contributed by atoms with Gasteiger partial charge in [-0.25, -0.2) is 9.79 Å². The van der Waals surface area contributed by atoms with Gasteiger partial charge in [0.05, 0.1) is 42.7 Å². The molecule has 0 amide bonds. The molecule has 0 aliphatic carbocycles. The highest BCUT2D eigenvalue weighted by molar-refractivity contribution is 9.10. The van der Waals surface area contributed by atoms with Crippen LogP contribution in [0.15, 0.2) is 68.0 Å². The third-order valence-electron chi connectivity index (χ3n) is 5.41. The molecule has 7 nitrogen and oxygen atoms in total. The summed E-state index contributed by atoms with van der Waals surface area (Å²) in [5, 5.41) is 0. The third kappa shape index (κ3) is 4.45. The van der Waals surface area contributed by atoms with Crippen molar-refractivity contribution in [3.05, 3.63) is 89.0 Å². The summed E-state index contributed by atoms with van der Waals surface area (Å²) in [5.41, 5.74) is 2.23. The van der Waals surface area contributed by atoms with E-state index < -0.39 is 12.0 Å². The second-order valence-electron chi connectivity index (χ2n) is 7.47. The van der Waals surface area contributed by atoms with Crippen molar-refractivity contribution in [3.8, 4) is 11.5 Å². The van der Waals surface area contributed by atoms with Crippen molar-refractivity contribution in [3.63, 3.8) is 0 Å². The van der Waals surface area contributed by atoms with Gasteiger partial charge in [-0.2, -0.15) is 0 Å². The first-order valence-corrected chi connectivity index (χ1v) is 12.2. The summed E-state index contributed by atoms with van der Waals surface area (Å²) in [6.07, 6.45) is 1.79. The van der Waals surface area contributed by atoms with Crippen molar-refractivity contribution >= 4 is 39.3 Å². The zero-order valence-corrected chi connectivity index (χ0v) is 21.5. The van der Waals surface area contributed by atoms with E-state index in [0.29, 0.717) is 32.1 Å². The molecule has 34 heavy (non-hydrogen) atoms. The summed E-state index contributed by atoms with van der Waals surface area (Å²) in [6, 6.07) is 12.3. The maximum atomic E-state index is 13.6. The van der Waals surface area contributed by atoms with Gasteiger partial charge in [-0.15, -0.1) is 0 Å². The molecule has 1 aliphatic heterocycles. The third-order valence-corrected chi connectivity index (χ3v) is 6.92. The summed E-state index contributed by atoms with van der Waals surface area (Å²) < 4.78 is 19.0. The van der Waals surface area contributed by atoms with Gasteiger partial charge < -0.3 is 14.2 Å². The van der Waals surface area contributed by atoms with Crippen LogP contribution in [-0.4, -0.2) is 31.4 Å². The number of hydrogen-bond donors (Lipinski definition) is 0. The van der Waals surface area contributed by atoms with Crippen LogP contribution >= 0.6 is 27.3 Å². The van der Waals surface area contributed by atoms with E-state index in [-0.39, 0.29) is 12.2 Å². The number of ether oxygens (including phenoxy) is 3. The van der Waals surface area contributed by atoms with Gasteiger partial charge in [0, 0.05) is 4.47 Å². The summed E-state index contributed by atoms with van der Waals surface area (Å²) in [7, 11) is 3.13. The Bertz CT molecular complexity index is 1450. The van der Waals surface area contributed by atoms with Crippen LogP contribution in [0.25, 0.3) is 6.08 Å². The lowest BCUT2D eigenvalue weighted by molar-refractivity contribution is -0.139. The number of allylic oxidation sites excluding steroid dienone is 1. The van der Waals surface area contributed by atoms with Crippen LogP contribution < -0.4 is 24.4 Å². The number of nitrogens with zero attached hydrogens (tertiary/aromatic N) is 2. The highest BCUT2D eigenvalue weighted by Crippen LogP contribution is 2.31. The molecule has 9 heteroatoms. The number of methoxy groups -OCH3 is 2. The molecule has 0 spiro atoms. The van der Waals surface area contributed by atoms with Gasteiger partial charge in [-0.3, -0.25) is 9.36 Å². The van der Waals surface area contributed by atoms with Gasteiger partial charge in [-0.1, -0.05) is 45.5 Å². The number of aromatic nitrogens is 1. The number of benzene rings is 2. The van der Waals surface area contributed by atoms with Crippen molar-refractivity contribution in [1.29, 1.82) is 0 Å². The molecule has 0 radical (unpaired) electrons. The van der Waals surface area contributed by atoms with E-state index in [9.17, 15) is 9.59 Å². The van der Waals surface area contributed by atoms with E-state index >= 15 is 0 Å². The van der Waals surface area contributed by atoms with Crippen LogP contribution in [0, 0.1) is 0 Å². The highest BCUT2D eigenvalue weighted by Gasteiger charge is 2.33. The van der Waals surface area contributed by atoms with Gasteiger partial charge >= 0.3 is 5.97 Å². The lowest BCUT2D eigenvalue weighted by atomic mass is 9.96. The second kappa shape index (κ2) is 9.99. The Balaban J connectivity index is 1.92. The van der Waals surface area contributed by atoms with Gasteiger partial charge in [-0.05, 0) is 55.3 Å². The zero-order chi connectivity index (χ0) is 24.4. The fourth-order valence-corrected chi connectivity index (χ4v) is 5.16. The normalized spacial score (nSPS) is 15.6. The van der Waals surface area contributed by atoms with Crippen LogP contribution in [0.5, 0.6) is 11.5 Å². The van der Waals surface area contributed by atoms with Crippen molar-refractivity contribution in [1.82, 2.24) is 4.57 Å². The fourth-order valence-electron chi connectivity index (χ4n) is 3.85. The van der Waals surface area contributed by atoms with Crippen LogP contribution in [0.3, 0.4) is 0 Å². The minimum atomic E-state index is -0.643. The molecule has 176 valence electrons. The molecule has 3 aromatic rings. The average molecular weight is 543 g/mol. The van der Waals surface area contributed by atoms with Crippen LogP contribution in [0.4, 0.5) is 0 Å². The Morgan fingerprint density at radius 3 is 2.50 bits per heavy atom. The number of carbonyl (C=O) groups is 1. The number of halogens is 1. The summed E-state index contributed by atoms with van der Waals surface area (Å²) >= 11 is 4.72. The van der Waals surface area contributed by atoms with E-state index in [1.54, 1.807) is 50.8 Å². The number of rotatable bonds is 6. The SMILES string of the molecule is CCOC(=O)C1=C(C)N=c2s/c(=C\c3ccc(OC)c(OC)c3)c(=O)n2[C@@H]1c1ccc(Br)cc1. The van der Waals surface area contributed by atoms with Crippen LogP contribution in [0.1, 0.15) is 31.0 Å². The van der Waals surface area contributed by atoms with Crippen molar-refractivity contribution in [2.75, 3.05) is 20.8 Å². The monoisotopic (exact) mass is 542 g/mol. The van der Waals surface area contributed by atoms with E-state index in [1.165, 1.54) is 11.3 Å². The van der Waals surface area contributed by atoms with Crippen molar-refractivity contribution < 1.29 is 19.0 Å². The molecule has 0 unspecified atom stereocenters. The second-order valence-corrected chi connectivity index (χ2v) is 9.39. The topological polar surface area (TPSA) is 79.1 Å². The Morgan fingerprint density at radius 1 is 1.15 bits per heavy atom. The molecular formula is C25H23BrN2O5S. The van der Waals surface area contributed by atoms with E-state index in [2.05, 4.69) is 20.9 Å². The predicted molar refractivity (Wildman–Crippen MR) is 134 cm³/mol. The summed E-state index contributed by atoms with van der Waals surface area (Å²) in [6.45, 7) is 3.75. The largest absolute Gasteiger partial charge is 0.493 e. The number of esters is 1. The molecule has 0 N–H and O–H groups in total. The molecule has 0 saturated carbocycles. The Kier molecular flexibility index (Phi) is 7.04. The molecular weight excluding hydrogens is 520 g/mol. The average Bonchev–Trinajstić information content (AvgIpc) is 3.13. The Hall–Kier alpha value is -3.17. The molecule has 0 saturated heterocycles. The molecule has 4 rings (SSSR count). The van der Waals surface area contributed by atoms with E-state index in [4.69, 9.17) is 14.2 Å². The molecule has 1 aromatic heterocycles. The van der Waals surface area contributed by atoms with Gasteiger partial charge in [0.25, 0.3) is 5.56 Å². The fraction of sp³-hybridized carbons (Fsp3) is 0.240. The molecule has 0 fully saturated rings. The molecule has 1 aliphatic rings. The molecule has 0 bridgehead atoms. The minimum absolute atomic E-state index is 0.229. The molecule has 1 atom stereocenters. The number of carbonyl (C=O) groups excluding carboxylic acids is 1. The Morgan fingerprint density at radius 2 is 1.85 bits per heavy atom. The quantitative estimate of drug-likeness (QED) is 0.445. The number of thiazole rings is 1. The Labute approximate surface area is 208 Å². The lowest BCUT2D eigenvalue weighted by Crippen LogP contribution is -2.39. The number of fused-ring (bicyclic) bond motifs is 1. The van der Waals surface area contributed by atoms with Gasteiger partial charge in [0.15, 0.2) is 16.3 Å². The van der Waals surface area contributed by atoms with E-state index in [1.807, 2.05) is 30.3 Å². The first-order chi connectivity index (χ1) is 16.4.